The summed E-state index contributed by atoms with van der Waals surface area (Å²) in [5, 5.41) is 3.62. The molecule has 2 aromatic rings. The number of hydrogen-bond donors (Lipinski definition) is 1. The minimum absolute atomic E-state index is 0.279. The van der Waals surface area contributed by atoms with Crippen molar-refractivity contribution in [3.8, 4) is 5.75 Å². The molecule has 1 amide bonds. The molecule has 0 aromatic heterocycles. The van der Waals surface area contributed by atoms with Gasteiger partial charge < -0.3 is 10.1 Å². The summed E-state index contributed by atoms with van der Waals surface area (Å²) in [5.74, 6) is 0.362. The SMILES string of the molecule is CSc1ccc(O[C@@H](C)C(=O)Nc2ccc(Cl)cc2Cl)cc1. The van der Waals surface area contributed by atoms with E-state index in [9.17, 15) is 4.79 Å². The third-order valence-corrected chi connectivity index (χ3v) is 4.22. The van der Waals surface area contributed by atoms with Crippen molar-refractivity contribution < 1.29 is 9.53 Å². The van der Waals surface area contributed by atoms with Crippen molar-refractivity contribution in [3.05, 3.63) is 52.5 Å². The fourth-order valence-corrected chi connectivity index (χ4v) is 2.60. The third kappa shape index (κ3) is 4.57. The van der Waals surface area contributed by atoms with Crippen LogP contribution in [0.25, 0.3) is 0 Å². The largest absolute Gasteiger partial charge is 0.481 e. The van der Waals surface area contributed by atoms with Crippen LogP contribution in [0.5, 0.6) is 5.75 Å². The van der Waals surface area contributed by atoms with Crippen LogP contribution in [0.4, 0.5) is 5.69 Å². The van der Waals surface area contributed by atoms with Crippen molar-refractivity contribution in [1.29, 1.82) is 0 Å². The molecule has 0 spiro atoms. The Morgan fingerprint density at radius 1 is 1.18 bits per heavy atom. The Labute approximate surface area is 144 Å². The van der Waals surface area contributed by atoms with E-state index in [1.165, 1.54) is 0 Å². The standard InChI is InChI=1S/C16H15Cl2NO2S/c1-10(21-12-4-6-13(22-2)7-5-12)16(20)19-15-8-3-11(17)9-14(15)18/h3-10H,1-2H3,(H,19,20)/t10-/m0/s1. The zero-order valence-electron chi connectivity index (χ0n) is 12.1. The maximum atomic E-state index is 12.1. The summed E-state index contributed by atoms with van der Waals surface area (Å²) in [4.78, 5) is 13.3. The number of ether oxygens (including phenoxy) is 1. The van der Waals surface area contributed by atoms with Gasteiger partial charge >= 0.3 is 0 Å². The highest BCUT2D eigenvalue weighted by molar-refractivity contribution is 7.98. The molecular weight excluding hydrogens is 341 g/mol. The fraction of sp³-hybridized carbons (Fsp3) is 0.188. The number of halogens is 2. The molecule has 2 rings (SSSR count). The number of carbonyl (C=O) groups is 1. The molecule has 0 unspecified atom stereocenters. The van der Waals surface area contributed by atoms with Gasteiger partial charge in [0.1, 0.15) is 5.75 Å². The lowest BCUT2D eigenvalue weighted by molar-refractivity contribution is -0.122. The zero-order valence-corrected chi connectivity index (χ0v) is 14.4. The highest BCUT2D eigenvalue weighted by Gasteiger charge is 2.16. The van der Waals surface area contributed by atoms with E-state index in [1.807, 2.05) is 30.5 Å². The average Bonchev–Trinajstić information content (AvgIpc) is 2.50. The Morgan fingerprint density at radius 3 is 2.45 bits per heavy atom. The lowest BCUT2D eigenvalue weighted by Crippen LogP contribution is -2.30. The summed E-state index contributed by atoms with van der Waals surface area (Å²) in [6.07, 6.45) is 1.36. The minimum Gasteiger partial charge on any atom is -0.481 e. The van der Waals surface area contributed by atoms with Crippen molar-refractivity contribution in [2.24, 2.45) is 0 Å². The van der Waals surface area contributed by atoms with Crippen LogP contribution in [0.15, 0.2) is 47.4 Å². The summed E-state index contributed by atoms with van der Waals surface area (Å²) in [7, 11) is 0. The Morgan fingerprint density at radius 2 is 1.86 bits per heavy atom. The number of nitrogens with one attached hydrogen (secondary N) is 1. The van der Waals surface area contributed by atoms with E-state index in [1.54, 1.807) is 36.9 Å². The molecule has 0 radical (unpaired) electrons. The van der Waals surface area contributed by atoms with Crippen LogP contribution in [-0.2, 0) is 4.79 Å². The second-order valence-electron chi connectivity index (χ2n) is 4.55. The molecular formula is C16H15Cl2NO2S. The van der Waals surface area contributed by atoms with Gasteiger partial charge in [-0.2, -0.15) is 0 Å². The zero-order chi connectivity index (χ0) is 16.1. The maximum absolute atomic E-state index is 12.1. The van der Waals surface area contributed by atoms with Crippen LogP contribution in [0, 0.1) is 0 Å². The van der Waals surface area contributed by atoms with E-state index in [0.717, 1.165) is 4.90 Å². The van der Waals surface area contributed by atoms with E-state index >= 15 is 0 Å². The average molecular weight is 356 g/mol. The summed E-state index contributed by atoms with van der Waals surface area (Å²) >= 11 is 13.5. The van der Waals surface area contributed by atoms with Crippen LogP contribution in [0.3, 0.4) is 0 Å². The smallest absolute Gasteiger partial charge is 0.265 e. The highest BCUT2D eigenvalue weighted by Crippen LogP contribution is 2.26. The van der Waals surface area contributed by atoms with E-state index in [0.29, 0.717) is 21.5 Å². The first-order valence-electron chi connectivity index (χ1n) is 6.56. The van der Waals surface area contributed by atoms with Gasteiger partial charge in [0.05, 0.1) is 10.7 Å². The number of rotatable bonds is 5. The fourth-order valence-electron chi connectivity index (χ4n) is 1.74. The molecule has 6 heteroatoms. The van der Waals surface area contributed by atoms with E-state index in [-0.39, 0.29) is 5.91 Å². The molecule has 0 aliphatic carbocycles. The normalized spacial score (nSPS) is 11.8. The third-order valence-electron chi connectivity index (χ3n) is 2.93. The van der Waals surface area contributed by atoms with Gasteiger partial charge in [0, 0.05) is 9.92 Å². The summed E-state index contributed by atoms with van der Waals surface area (Å²) in [6, 6.07) is 12.5. The Hall–Kier alpha value is -1.36. The molecule has 22 heavy (non-hydrogen) atoms. The molecule has 0 saturated heterocycles. The highest BCUT2D eigenvalue weighted by atomic mass is 35.5. The number of thioether (sulfide) groups is 1. The number of hydrogen-bond acceptors (Lipinski definition) is 3. The van der Waals surface area contributed by atoms with Gasteiger partial charge in [0.2, 0.25) is 0 Å². The van der Waals surface area contributed by atoms with E-state index < -0.39 is 6.10 Å². The molecule has 2 aromatic carbocycles. The van der Waals surface area contributed by atoms with Crippen LogP contribution in [0.2, 0.25) is 10.0 Å². The van der Waals surface area contributed by atoms with Crippen molar-refractivity contribution in [2.75, 3.05) is 11.6 Å². The monoisotopic (exact) mass is 355 g/mol. The first-order valence-corrected chi connectivity index (χ1v) is 8.54. The molecule has 1 atom stereocenters. The van der Waals surface area contributed by atoms with E-state index in [2.05, 4.69) is 5.32 Å². The molecule has 116 valence electrons. The van der Waals surface area contributed by atoms with Gasteiger partial charge in [-0.15, -0.1) is 11.8 Å². The van der Waals surface area contributed by atoms with Crippen LogP contribution < -0.4 is 10.1 Å². The second kappa shape index (κ2) is 7.77. The van der Waals surface area contributed by atoms with Gasteiger partial charge in [0.15, 0.2) is 6.10 Å². The molecule has 0 fully saturated rings. The molecule has 1 N–H and O–H groups in total. The summed E-state index contributed by atoms with van der Waals surface area (Å²) in [5.41, 5.74) is 0.504. The predicted octanol–water partition coefficient (Wildman–Crippen LogP) is 5.12. The van der Waals surface area contributed by atoms with Crippen molar-refractivity contribution >= 4 is 46.6 Å². The number of benzene rings is 2. The summed E-state index contributed by atoms with van der Waals surface area (Å²) in [6.45, 7) is 1.68. The number of amides is 1. The first kappa shape index (κ1) is 17.0. The van der Waals surface area contributed by atoms with Gasteiger partial charge in [-0.3, -0.25) is 4.79 Å². The Balaban J connectivity index is 1.99. The number of carbonyl (C=O) groups excluding carboxylic acids is 1. The molecule has 0 heterocycles. The van der Waals surface area contributed by atoms with Gasteiger partial charge in [-0.1, -0.05) is 23.2 Å². The van der Waals surface area contributed by atoms with E-state index in [4.69, 9.17) is 27.9 Å². The van der Waals surface area contributed by atoms with Crippen LogP contribution in [-0.4, -0.2) is 18.3 Å². The second-order valence-corrected chi connectivity index (χ2v) is 6.27. The van der Waals surface area contributed by atoms with Crippen molar-refractivity contribution in [2.45, 2.75) is 17.9 Å². The number of anilines is 1. The van der Waals surface area contributed by atoms with Gasteiger partial charge in [-0.25, -0.2) is 0 Å². The molecule has 0 aliphatic heterocycles. The topological polar surface area (TPSA) is 38.3 Å². The maximum Gasteiger partial charge on any atom is 0.265 e. The Kier molecular flexibility index (Phi) is 6.00. The van der Waals surface area contributed by atoms with Gasteiger partial charge in [0.25, 0.3) is 5.91 Å². The molecule has 0 bridgehead atoms. The quantitative estimate of drug-likeness (QED) is 0.756. The van der Waals surface area contributed by atoms with Crippen molar-refractivity contribution in [1.82, 2.24) is 0 Å². The van der Waals surface area contributed by atoms with Crippen LogP contribution >= 0.6 is 35.0 Å². The van der Waals surface area contributed by atoms with Crippen molar-refractivity contribution in [3.63, 3.8) is 0 Å². The van der Waals surface area contributed by atoms with Crippen LogP contribution in [0.1, 0.15) is 6.92 Å². The molecule has 0 saturated carbocycles. The lowest BCUT2D eigenvalue weighted by Gasteiger charge is -2.15. The van der Waals surface area contributed by atoms with Gasteiger partial charge in [-0.05, 0) is 55.6 Å². The summed E-state index contributed by atoms with van der Waals surface area (Å²) < 4.78 is 5.62. The Bertz CT molecular complexity index is 662. The predicted molar refractivity (Wildman–Crippen MR) is 93.4 cm³/mol. The molecule has 0 aliphatic rings. The minimum atomic E-state index is -0.646. The molecule has 3 nitrogen and oxygen atoms in total. The first-order chi connectivity index (χ1) is 10.5. The lowest BCUT2D eigenvalue weighted by atomic mass is 10.3.